The largest absolute Gasteiger partial charge is 0.459 e. The summed E-state index contributed by atoms with van der Waals surface area (Å²) in [5.41, 5.74) is -2.73. The van der Waals surface area contributed by atoms with Gasteiger partial charge in [0.1, 0.15) is 13.2 Å². The number of carbonyl (C=O) groups is 2. The number of ether oxygens (including phenoxy) is 2. The first-order chi connectivity index (χ1) is 8.52. The zero-order valence-corrected chi connectivity index (χ0v) is 10.9. The van der Waals surface area contributed by atoms with Crippen molar-refractivity contribution < 1.29 is 23.5 Å². The molecule has 0 atom stereocenters. The minimum atomic E-state index is -2.73. The van der Waals surface area contributed by atoms with Gasteiger partial charge in [0, 0.05) is 6.42 Å². The van der Waals surface area contributed by atoms with Gasteiger partial charge >= 0.3 is 17.6 Å². The van der Waals surface area contributed by atoms with Crippen LogP contribution in [-0.2, 0) is 19.1 Å². The Bertz CT molecular complexity index is 306. The highest BCUT2D eigenvalue weighted by Crippen LogP contribution is 2.20. The molecule has 0 aromatic heterocycles. The fourth-order valence-corrected chi connectivity index (χ4v) is 1.04. The van der Waals surface area contributed by atoms with E-state index in [1.165, 1.54) is 6.92 Å². The zero-order chi connectivity index (χ0) is 14.0. The second-order valence-electron chi connectivity index (χ2n) is 3.49. The fourth-order valence-electron chi connectivity index (χ4n) is 1.04. The summed E-state index contributed by atoms with van der Waals surface area (Å²) < 4.78 is 23.5. The molecule has 0 fully saturated rings. The first kappa shape index (κ1) is 16.4. The van der Waals surface area contributed by atoms with Crippen LogP contribution in [0.2, 0.25) is 0 Å². The molecule has 18 heavy (non-hydrogen) atoms. The molecule has 0 aliphatic heterocycles. The number of halogens is 1. The predicted molar refractivity (Wildman–Crippen MR) is 65.7 cm³/mol. The third-order valence-corrected chi connectivity index (χ3v) is 2.23. The van der Waals surface area contributed by atoms with E-state index in [1.54, 1.807) is 38.2 Å². The molecule has 4 nitrogen and oxygen atoms in total. The van der Waals surface area contributed by atoms with Gasteiger partial charge in [-0.2, -0.15) is 0 Å². The van der Waals surface area contributed by atoms with Crippen LogP contribution in [0, 0.1) is 0 Å². The van der Waals surface area contributed by atoms with E-state index in [0.29, 0.717) is 0 Å². The molecule has 0 spiro atoms. The molecule has 0 aromatic rings. The van der Waals surface area contributed by atoms with Crippen LogP contribution in [0.3, 0.4) is 0 Å². The number of hydrogen-bond acceptors (Lipinski definition) is 4. The number of rotatable bonds is 7. The van der Waals surface area contributed by atoms with Crippen LogP contribution in [0.15, 0.2) is 24.3 Å². The minimum Gasteiger partial charge on any atom is -0.459 e. The SMILES string of the molecule is C/C=C/COC(=O)C(F)(CC)C(=O)OC/C=C/C. The van der Waals surface area contributed by atoms with Gasteiger partial charge < -0.3 is 9.47 Å². The van der Waals surface area contributed by atoms with Crippen molar-refractivity contribution in [1.82, 2.24) is 0 Å². The second kappa shape index (κ2) is 8.44. The summed E-state index contributed by atoms with van der Waals surface area (Å²) >= 11 is 0. The van der Waals surface area contributed by atoms with Gasteiger partial charge in [0.15, 0.2) is 0 Å². The summed E-state index contributed by atoms with van der Waals surface area (Å²) in [4.78, 5) is 23.0. The van der Waals surface area contributed by atoms with Crippen molar-refractivity contribution >= 4 is 11.9 Å². The lowest BCUT2D eigenvalue weighted by Gasteiger charge is -2.19. The number of esters is 2. The Hall–Kier alpha value is -1.65. The molecule has 102 valence electrons. The van der Waals surface area contributed by atoms with Crippen molar-refractivity contribution in [3.8, 4) is 0 Å². The lowest BCUT2D eigenvalue weighted by Crippen LogP contribution is -2.44. The van der Waals surface area contributed by atoms with Crippen LogP contribution in [0.25, 0.3) is 0 Å². The molecular weight excluding hydrogens is 239 g/mol. The summed E-state index contributed by atoms with van der Waals surface area (Å²) in [6, 6.07) is 0. The molecule has 0 saturated heterocycles. The minimum absolute atomic E-state index is 0.0663. The standard InChI is InChI=1S/C13H19FO4/c1-4-7-9-17-11(15)13(14,6-3)12(16)18-10-8-5-2/h4-5,7-8H,6,9-10H2,1-3H3/b7-4+,8-5+. The Kier molecular flexibility index (Phi) is 7.67. The van der Waals surface area contributed by atoms with Crippen molar-refractivity contribution in [1.29, 1.82) is 0 Å². The van der Waals surface area contributed by atoms with Gasteiger partial charge in [-0.3, -0.25) is 0 Å². The van der Waals surface area contributed by atoms with Crippen LogP contribution >= 0.6 is 0 Å². The van der Waals surface area contributed by atoms with Crippen LogP contribution in [0.5, 0.6) is 0 Å². The molecule has 0 N–H and O–H groups in total. The van der Waals surface area contributed by atoms with Gasteiger partial charge in [-0.05, 0) is 13.8 Å². The zero-order valence-electron chi connectivity index (χ0n) is 10.9. The molecule has 0 saturated carbocycles. The van der Waals surface area contributed by atoms with Gasteiger partial charge in [0.05, 0.1) is 0 Å². The van der Waals surface area contributed by atoms with Gasteiger partial charge in [-0.15, -0.1) is 0 Å². The van der Waals surface area contributed by atoms with E-state index in [9.17, 15) is 14.0 Å². The van der Waals surface area contributed by atoms with Crippen molar-refractivity contribution in [2.24, 2.45) is 0 Å². The van der Waals surface area contributed by atoms with E-state index in [4.69, 9.17) is 0 Å². The molecule has 0 aromatic carbocycles. The highest BCUT2D eigenvalue weighted by molar-refractivity contribution is 6.03. The Morgan fingerprint density at radius 3 is 1.72 bits per heavy atom. The monoisotopic (exact) mass is 258 g/mol. The Morgan fingerprint density at radius 1 is 1.06 bits per heavy atom. The van der Waals surface area contributed by atoms with Gasteiger partial charge in [0.25, 0.3) is 0 Å². The summed E-state index contributed by atoms with van der Waals surface area (Å²) in [6.45, 7) is 4.73. The van der Waals surface area contributed by atoms with E-state index in [1.807, 2.05) is 0 Å². The fraction of sp³-hybridized carbons (Fsp3) is 0.538. The summed E-state index contributed by atoms with van der Waals surface area (Å²) in [6.07, 6.45) is 6.07. The first-order valence-corrected chi connectivity index (χ1v) is 5.78. The molecule has 0 aliphatic rings. The van der Waals surface area contributed by atoms with Crippen LogP contribution in [0.1, 0.15) is 27.2 Å². The number of hydrogen-bond donors (Lipinski definition) is 0. The average molecular weight is 258 g/mol. The van der Waals surface area contributed by atoms with Crippen molar-refractivity contribution in [3.63, 3.8) is 0 Å². The van der Waals surface area contributed by atoms with Crippen LogP contribution < -0.4 is 0 Å². The molecular formula is C13H19FO4. The van der Waals surface area contributed by atoms with E-state index in [2.05, 4.69) is 9.47 Å². The third-order valence-electron chi connectivity index (χ3n) is 2.23. The van der Waals surface area contributed by atoms with Gasteiger partial charge in [-0.1, -0.05) is 31.2 Å². The number of alkyl halides is 1. The number of allylic oxidation sites excluding steroid dienone is 2. The van der Waals surface area contributed by atoms with Crippen molar-refractivity contribution in [2.75, 3.05) is 13.2 Å². The predicted octanol–water partition coefficient (Wildman–Crippen LogP) is 2.34. The van der Waals surface area contributed by atoms with Crippen LogP contribution in [-0.4, -0.2) is 30.8 Å². The van der Waals surface area contributed by atoms with Crippen LogP contribution in [0.4, 0.5) is 4.39 Å². The second-order valence-corrected chi connectivity index (χ2v) is 3.49. The molecule has 0 amide bonds. The highest BCUT2D eigenvalue weighted by Gasteiger charge is 2.48. The molecule has 0 rings (SSSR count). The van der Waals surface area contributed by atoms with E-state index in [-0.39, 0.29) is 19.6 Å². The average Bonchev–Trinajstić information content (AvgIpc) is 2.38. The Labute approximate surface area is 106 Å². The summed E-state index contributed by atoms with van der Waals surface area (Å²) in [5, 5.41) is 0. The molecule has 5 heteroatoms. The smallest absolute Gasteiger partial charge is 0.356 e. The van der Waals surface area contributed by atoms with Gasteiger partial charge in [-0.25, -0.2) is 14.0 Å². The Morgan fingerprint density at radius 2 is 1.44 bits per heavy atom. The summed E-state index contributed by atoms with van der Waals surface area (Å²) in [5.74, 6) is -2.43. The highest BCUT2D eigenvalue weighted by atomic mass is 19.1. The molecule has 0 bridgehead atoms. The maximum atomic E-state index is 14.2. The first-order valence-electron chi connectivity index (χ1n) is 5.78. The lowest BCUT2D eigenvalue weighted by molar-refractivity contribution is -0.173. The number of carbonyl (C=O) groups excluding carboxylic acids is 2. The van der Waals surface area contributed by atoms with Crippen molar-refractivity contribution in [2.45, 2.75) is 32.9 Å². The van der Waals surface area contributed by atoms with Gasteiger partial charge in [0.2, 0.25) is 0 Å². The summed E-state index contributed by atoms with van der Waals surface area (Å²) in [7, 11) is 0. The molecule has 0 aliphatic carbocycles. The van der Waals surface area contributed by atoms with E-state index in [0.717, 1.165) is 0 Å². The van der Waals surface area contributed by atoms with E-state index < -0.39 is 17.6 Å². The normalized spacial score (nSPS) is 12.0. The lowest BCUT2D eigenvalue weighted by atomic mass is 10.0. The quantitative estimate of drug-likeness (QED) is 0.399. The molecule has 0 radical (unpaired) electrons. The van der Waals surface area contributed by atoms with E-state index >= 15 is 0 Å². The van der Waals surface area contributed by atoms with Crippen molar-refractivity contribution in [3.05, 3.63) is 24.3 Å². The Balaban J connectivity index is 4.56. The maximum Gasteiger partial charge on any atom is 0.356 e. The maximum absolute atomic E-state index is 14.2. The molecule has 0 heterocycles. The molecule has 0 unspecified atom stereocenters. The topological polar surface area (TPSA) is 52.6 Å². The third kappa shape index (κ3) is 4.69.